The number of alkyl halides is 2. The van der Waals surface area contributed by atoms with Crippen molar-refractivity contribution < 1.29 is 38.0 Å². The number of esters is 2. The van der Waals surface area contributed by atoms with Gasteiger partial charge in [0.1, 0.15) is 27.6 Å². The summed E-state index contributed by atoms with van der Waals surface area (Å²) in [5.74, 6) is -0.555. The predicted molar refractivity (Wildman–Crippen MR) is 370 cm³/mol. The van der Waals surface area contributed by atoms with Crippen molar-refractivity contribution in [2.45, 2.75) is 187 Å². The number of hydrogen-bond donors (Lipinski definition) is 8. The van der Waals surface area contributed by atoms with Crippen molar-refractivity contribution in [2.24, 2.45) is 28.9 Å². The van der Waals surface area contributed by atoms with Gasteiger partial charge in [-0.2, -0.15) is 0 Å². The van der Waals surface area contributed by atoms with Gasteiger partial charge in [0, 0.05) is 52.4 Å². The Labute approximate surface area is 549 Å². The molecule has 3 fully saturated rings. The SMILES string of the molecule is CC(Cl)(Cl)CCN.CC(OC(C)(C)C)[C@H](N)C(=O)OC(C)(C)C.CCC(C)[C@H](N)C(=O)OC(C)(C)C.CNCC/C=C/Br.CNCC1OCCO1.Clc1ccccc1N1CCNCC1.NC[C@H]1CCCO1.c1ccc(CCNCc2ccccc2)cc1. The number of anilines is 1. The highest BCUT2D eigenvalue weighted by molar-refractivity contribution is 9.11. The third kappa shape index (κ3) is 51.3. The van der Waals surface area contributed by atoms with Crippen LogP contribution in [0.25, 0.3) is 0 Å². The number of piperazine rings is 1. The quantitative estimate of drug-likeness (QED) is 0.0298. The lowest BCUT2D eigenvalue weighted by atomic mass is 10.00. The standard InChI is InChI=1S/C15H17N.C12H25NO3.C10H13ClN2.C10H21NO2.C5H10BrN.C5H11NO2.C5H11NO.C4H9Cl2N/c1-3-7-14(8-4-1)11-12-16-13-15-9-5-2-6-10-15;1-8(15-11(2,3)4)9(13)10(14)16-12(5,6)7;11-9-3-1-2-4-10(9)13-7-5-12-6-8-13;1-6-7(2)8(11)9(12)13-10(3,4)5;1-7-5-3-2-4-6;1-6-4-5-7-2-3-8-5;6-4-5-2-1-3-7-5;1-4(5,6)2-3-7/h1-10,16H,11-13H2;8-9H,13H2,1-7H3;1-4,12H,5-8H2;7-8H,6,11H2,1-5H3;2,4,7H,3,5H2,1H3;5-6H,2-4H2,1H3;5H,1-4,6H2;2-3,7H2,1H3/b;;;;4-2+;;;/t;8?,9-;;7?,8-;;;5-;/m.0.0..1./s1. The smallest absolute Gasteiger partial charge is 0.326 e. The molecule has 0 amide bonds. The predicted octanol–water partition coefficient (Wildman–Crippen LogP) is 11.1. The Morgan fingerprint density at radius 1 is 0.747 bits per heavy atom. The molecule has 3 aliphatic heterocycles. The van der Waals surface area contributed by atoms with Crippen LogP contribution in [-0.4, -0.2) is 156 Å². The minimum atomic E-state index is -0.751. The fraction of sp³-hybridized carbons (Fsp3) is 0.667. The third-order valence-electron chi connectivity index (χ3n) is 12.2. The highest BCUT2D eigenvalue weighted by Crippen LogP contribution is 2.25. The van der Waals surface area contributed by atoms with Gasteiger partial charge in [-0.3, -0.25) is 9.59 Å². The van der Waals surface area contributed by atoms with Gasteiger partial charge < -0.3 is 77.5 Å². The molecule has 87 heavy (non-hydrogen) atoms. The molecule has 3 heterocycles. The van der Waals surface area contributed by atoms with Gasteiger partial charge in [0.2, 0.25) is 0 Å². The maximum absolute atomic E-state index is 11.7. The van der Waals surface area contributed by atoms with Crippen LogP contribution in [0.15, 0.2) is 96.0 Å². The van der Waals surface area contributed by atoms with Gasteiger partial charge in [0.15, 0.2) is 6.29 Å². The Hall–Kier alpha value is -2.99. The van der Waals surface area contributed by atoms with Crippen LogP contribution >= 0.6 is 50.7 Å². The molecule has 12 N–H and O–H groups in total. The molecule has 3 aromatic rings. The normalized spacial score (nSPS) is 16.4. The first kappa shape index (κ1) is 86.1. The zero-order valence-corrected chi connectivity index (χ0v) is 59.5. The van der Waals surface area contributed by atoms with Gasteiger partial charge in [-0.1, -0.05) is 127 Å². The van der Waals surface area contributed by atoms with Gasteiger partial charge in [-0.15, -0.1) is 23.2 Å². The van der Waals surface area contributed by atoms with Crippen LogP contribution in [-0.2, 0) is 51.0 Å². The van der Waals surface area contributed by atoms with E-state index in [1.54, 1.807) is 13.8 Å². The first-order valence-corrected chi connectivity index (χ1v) is 32.7. The molecule has 0 aromatic heterocycles. The molecule has 21 heteroatoms. The second-order valence-corrected chi connectivity index (χ2v) is 26.8. The zero-order chi connectivity index (χ0) is 66.3. The largest absolute Gasteiger partial charge is 0.459 e. The number of carbonyl (C=O) groups is 2. The Morgan fingerprint density at radius 2 is 1.28 bits per heavy atom. The van der Waals surface area contributed by atoms with Crippen molar-refractivity contribution in [1.29, 1.82) is 0 Å². The molecule has 3 aromatic carbocycles. The van der Waals surface area contributed by atoms with Crippen molar-refractivity contribution >= 4 is 68.4 Å². The number of halogens is 4. The summed E-state index contributed by atoms with van der Waals surface area (Å²) in [5, 5.41) is 13.6. The summed E-state index contributed by atoms with van der Waals surface area (Å²) < 4.78 is 30.7. The molecule has 0 saturated carbocycles. The molecule has 3 aliphatic rings. The van der Waals surface area contributed by atoms with Crippen molar-refractivity contribution in [3.05, 3.63) is 112 Å². The molecule has 5 atom stereocenters. The van der Waals surface area contributed by atoms with Crippen LogP contribution in [0.3, 0.4) is 0 Å². The van der Waals surface area contributed by atoms with Crippen molar-refractivity contribution in [3.8, 4) is 0 Å². The van der Waals surface area contributed by atoms with Crippen LogP contribution in [0, 0.1) is 5.92 Å². The molecular weight excluding hydrogens is 1230 g/mol. The number of ether oxygens (including phenoxy) is 6. The molecule has 0 bridgehead atoms. The van der Waals surface area contributed by atoms with Gasteiger partial charge >= 0.3 is 11.9 Å². The number of rotatable bonds is 20. The lowest BCUT2D eigenvalue weighted by Crippen LogP contribution is -2.47. The minimum Gasteiger partial charge on any atom is -0.459 e. The number of benzene rings is 3. The molecule has 0 spiro atoms. The summed E-state index contributed by atoms with van der Waals surface area (Å²) in [4.78, 5) is 27.3. The van der Waals surface area contributed by atoms with Gasteiger partial charge in [0.25, 0.3) is 0 Å². The first-order chi connectivity index (χ1) is 40.9. The van der Waals surface area contributed by atoms with Crippen LogP contribution in [0.2, 0.25) is 5.02 Å². The highest BCUT2D eigenvalue weighted by atomic mass is 79.9. The Bertz CT molecular complexity index is 2090. The van der Waals surface area contributed by atoms with Crippen LogP contribution < -0.4 is 49.1 Å². The number of nitrogens with zero attached hydrogens (tertiary/aromatic N) is 1. The summed E-state index contributed by atoms with van der Waals surface area (Å²) in [6.45, 7) is 35.8. The summed E-state index contributed by atoms with van der Waals surface area (Å²) in [7, 11) is 3.83. The maximum Gasteiger partial charge on any atom is 0.326 e. The van der Waals surface area contributed by atoms with E-state index in [0.717, 1.165) is 109 Å². The lowest BCUT2D eigenvalue weighted by molar-refractivity contribution is -0.163. The van der Waals surface area contributed by atoms with Gasteiger partial charge in [-0.05, 0) is 176 Å². The van der Waals surface area contributed by atoms with E-state index in [2.05, 4.69) is 109 Å². The van der Waals surface area contributed by atoms with Crippen LogP contribution in [0.1, 0.15) is 133 Å². The highest BCUT2D eigenvalue weighted by Gasteiger charge is 2.30. The average molecular weight is 1350 g/mol. The average Bonchev–Trinajstić information content (AvgIpc) is 4.40. The Balaban J connectivity index is 0. The monoisotopic (exact) mass is 1350 g/mol. The van der Waals surface area contributed by atoms with Crippen LogP contribution in [0.5, 0.6) is 0 Å². The van der Waals surface area contributed by atoms with Crippen LogP contribution in [0.4, 0.5) is 5.69 Å². The molecule has 502 valence electrons. The van der Waals surface area contributed by atoms with E-state index in [1.165, 1.54) is 17.5 Å². The first-order valence-electron chi connectivity index (χ1n) is 30.7. The van der Waals surface area contributed by atoms with E-state index >= 15 is 0 Å². The number of carbonyl (C=O) groups excluding carboxylic acids is 2. The second kappa shape index (κ2) is 50.6. The fourth-order valence-electron chi connectivity index (χ4n) is 7.43. The van der Waals surface area contributed by atoms with Crippen molar-refractivity contribution in [1.82, 2.24) is 21.3 Å². The lowest BCUT2D eigenvalue weighted by Gasteiger charge is -2.30. The number of para-hydroxylation sites is 1. The number of nitrogens with one attached hydrogen (secondary N) is 4. The third-order valence-corrected chi connectivity index (χ3v) is 13.2. The van der Waals surface area contributed by atoms with Crippen molar-refractivity contribution in [2.75, 3.05) is 97.7 Å². The molecule has 0 aliphatic carbocycles. The van der Waals surface area contributed by atoms with E-state index in [1.807, 2.05) is 120 Å². The molecule has 6 rings (SSSR count). The zero-order valence-electron chi connectivity index (χ0n) is 55.7. The molecular formula is C66H117BrCl3N9O8. The van der Waals surface area contributed by atoms with E-state index in [4.69, 9.17) is 86.2 Å². The Kier molecular flexibility index (Phi) is 50.1. The fourth-order valence-corrected chi connectivity index (χ4v) is 8.17. The van der Waals surface area contributed by atoms with E-state index in [-0.39, 0.29) is 29.9 Å². The Morgan fingerprint density at radius 3 is 1.69 bits per heavy atom. The summed E-state index contributed by atoms with van der Waals surface area (Å²) in [6.07, 6.45) is 8.16. The summed E-state index contributed by atoms with van der Waals surface area (Å²) in [5.41, 5.74) is 24.5. The summed E-state index contributed by atoms with van der Waals surface area (Å²) >= 11 is 20.3. The van der Waals surface area contributed by atoms with E-state index < -0.39 is 33.6 Å². The summed E-state index contributed by atoms with van der Waals surface area (Å²) in [6, 6.07) is 27.8. The van der Waals surface area contributed by atoms with E-state index in [0.29, 0.717) is 25.6 Å². The van der Waals surface area contributed by atoms with Gasteiger partial charge in [-0.25, -0.2) is 0 Å². The van der Waals surface area contributed by atoms with Crippen molar-refractivity contribution in [3.63, 3.8) is 0 Å². The van der Waals surface area contributed by atoms with Gasteiger partial charge in [0.05, 0.1) is 41.7 Å². The maximum atomic E-state index is 11.7. The molecule has 2 unspecified atom stereocenters. The number of nitrogens with two attached hydrogens (primary N) is 4. The molecule has 17 nitrogen and oxygen atoms in total. The molecule has 0 radical (unpaired) electrons. The minimum absolute atomic E-state index is 0.000000000000000222. The second-order valence-electron chi connectivity index (χ2n) is 24.0. The van der Waals surface area contributed by atoms with E-state index in [9.17, 15) is 9.59 Å². The number of hydrogen-bond acceptors (Lipinski definition) is 17. The molecule has 3 saturated heterocycles. The topological polar surface area (TPSA) is 245 Å². The number of likely N-dealkylation sites (N-methyl/N-ethyl adjacent to an activating group) is 1.